The highest BCUT2D eigenvalue weighted by molar-refractivity contribution is 7.98. The van der Waals surface area contributed by atoms with Crippen molar-refractivity contribution in [2.45, 2.75) is 39.4 Å². The molecule has 0 aromatic heterocycles. The van der Waals surface area contributed by atoms with E-state index < -0.39 is 0 Å². The normalized spacial score (nSPS) is 10.6. The van der Waals surface area contributed by atoms with Crippen molar-refractivity contribution in [2.75, 3.05) is 11.1 Å². The fourth-order valence-electron chi connectivity index (χ4n) is 2.68. The third kappa shape index (κ3) is 5.76. The number of hydrogen-bond donors (Lipinski definition) is 1. The fraction of sp³-hybridized carbons (Fsp3) is 0.350. The van der Waals surface area contributed by atoms with Crippen LogP contribution >= 0.6 is 11.8 Å². The number of hydrogen-bond acceptors (Lipinski definition) is 2. The molecule has 0 bridgehead atoms. The van der Waals surface area contributed by atoms with Crippen LogP contribution in [-0.4, -0.2) is 11.7 Å². The molecular weight excluding hydrogens is 302 g/mol. The molecule has 0 radical (unpaired) electrons. The second-order valence-corrected chi connectivity index (χ2v) is 7.07. The smallest absolute Gasteiger partial charge is 0.224 e. The van der Waals surface area contributed by atoms with Gasteiger partial charge in [-0.2, -0.15) is 11.8 Å². The lowest BCUT2D eigenvalue weighted by Gasteiger charge is -2.12. The first-order valence-electron chi connectivity index (χ1n) is 8.05. The van der Waals surface area contributed by atoms with Gasteiger partial charge in [0.1, 0.15) is 0 Å². The van der Waals surface area contributed by atoms with Gasteiger partial charge in [-0.15, -0.1) is 0 Å². The number of benzene rings is 2. The molecule has 0 aliphatic carbocycles. The molecule has 0 aliphatic heterocycles. The number of anilines is 1. The van der Waals surface area contributed by atoms with Gasteiger partial charge in [0.05, 0.1) is 0 Å². The zero-order valence-corrected chi connectivity index (χ0v) is 15.0. The molecule has 0 unspecified atom stereocenters. The van der Waals surface area contributed by atoms with Crippen LogP contribution in [0.25, 0.3) is 0 Å². The van der Waals surface area contributed by atoms with E-state index >= 15 is 0 Å². The first kappa shape index (κ1) is 17.6. The van der Waals surface area contributed by atoms with Gasteiger partial charge in [-0.3, -0.25) is 4.79 Å². The summed E-state index contributed by atoms with van der Waals surface area (Å²) in [4.78, 5) is 12.1. The maximum atomic E-state index is 12.1. The molecule has 0 saturated heterocycles. The molecule has 0 spiro atoms. The highest BCUT2D eigenvalue weighted by Crippen LogP contribution is 2.22. The highest BCUT2D eigenvalue weighted by Gasteiger charge is 2.08. The number of thioether (sulfide) groups is 1. The van der Waals surface area contributed by atoms with Gasteiger partial charge >= 0.3 is 0 Å². The number of carbonyl (C=O) groups is 1. The Balaban J connectivity index is 1.71. The number of amides is 1. The molecule has 0 aliphatic rings. The summed E-state index contributed by atoms with van der Waals surface area (Å²) in [6.45, 7) is 6.17. The molecule has 2 aromatic carbocycles. The molecular formula is C20H25NOS. The van der Waals surface area contributed by atoms with E-state index in [4.69, 9.17) is 0 Å². The van der Waals surface area contributed by atoms with E-state index in [2.05, 4.69) is 48.6 Å². The van der Waals surface area contributed by atoms with Crippen LogP contribution in [0.2, 0.25) is 0 Å². The molecule has 122 valence electrons. The number of carbonyl (C=O) groups excluding carboxylic acids is 1. The lowest BCUT2D eigenvalue weighted by atomic mass is 10.0. The van der Waals surface area contributed by atoms with Crippen LogP contribution in [-0.2, 0) is 10.5 Å². The minimum Gasteiger partial charge on any atom is -0.326 e. The first-order chi connectivity index (χ1) is 11.1. The minimum atomic E-state index is 0.111. The Bertz CT molecular complexity index is 629. The Labute approximate surface area is 143 Å². The Kier molecular flexibility index (Phi) is 6.72. The predicted molar refractivity (Wildman–Crippen MR) is 101 cm³/mol. The van der Waals surface area contributed by atoms with Gasteiger partial charge in [0, 0.05) is 17.9 Å². The maximum Gasteiger partial charge on any atom is 0.224 e. The average Bonchev–Trinajstić information content (AvgIpc) is 2.51. The second-order valence-electron chi connectivity index (χ2n) is 5.96. The van der Waals surface area contributed by atoms with E-state index in [0.717, 1.165) is 34.7 Å². The quantitative estimate of drug-likeness (QED) is 0.702. The van der Waals surface area contributed by atoms with E-state index in [1.165, 1.54) is 11.1 Å². The number of aryl methyl sites for hydroxylation is 3. The molecule has 3 heteroatoms. The average molecular weight is 327 g/mol. The van der Waals surface area contributed by atoms with Crippen LogP contribution in [0.1, 0.15) is 35.1 Å². The molecule has 2 aromatic rings. The fourth-order valence-corrected chi connectivity index (χ4v) is 3.60. The molecule has 2 rings (SSSR count). The zero-order valence-electron chi connectivity index (χ0n) is 14.2. The SMILES string of the molecule is Cc1cc(C)c(NC(=O)CCCSCc2ccccc2)c(C)c1. The summed E-state index contributed by atoms with van der Waals surface area (Å²) in [5, 5.41) is 3.07. The topological polar surface area (TPSA) is 29.1 Å². The van der Waals surface area contributed by atoms with Gasteiger partial charge in [-0.05, 0) is 49.6 Å². The van der Waals surface area contributed by atoms with Crippen LogP contribution in [0.15, 0.2) is 42.5 Å². The lowest BCUT2D eigenvalue weighted by Crippen LogP contribution is -2.13. The summed E-state index contributed by atoms with van der Waals surface area (Å²) < 4.78 is 0. The van der Waals surface area contributed by atoms with Crippen molar-refractivity contribution < 1.29 is 4.79 Å². The van der Waals surface area contributed by atoms with Gasteiger partial charge in [0.25, 0.3) is 0 Å². The van der Waals surface area contributed by atoms with Crippen molar-refractivity contribution in [2.24, 2.45) is 0 Å². The summed E-state index contributed by atoms with van der Waals surface area (Å²) in [5.74, 6) is 2.13. The van der Waals surface area contributed by atoms with Crippen molar-refractivity contribution in [1.29, 1.82) is 0 Å². The van der Waals surface area contributed by atoms with E-state index in [-0.39, 0.29) is 5.91 Å². The largest absolute Gasteiger partial charge is 0.326 e. The van der Waals surface area contributed by atoms with Crippen LogP contribution in [0, 0.1) is 20.8 Å². The molecule has 2 nitrogen and oxygen atoms in total. The Hall–Kier alpha value is -1.74. The summed E-state index contributed by atoms with van der Waals surface area (Å²) in [7, 11) is 0. The van der Waals surface area contributed by atoms with Crippen molar-refractivity contribution in [3.63, 3.8) is 0 Å². The van der Waals surface area contributed by atoms with Gasteiger partial charge in [0.15, 0.2) is 0 Å². The third-order valence-corrected chi connectivity index (χ3v) is 4.86. The summed E-state index contributed by atoms with van der Waals surface area (Å²) in [6.07, 6.45) is 1.49. The van der Waals surface area contributed by atoms with E-state index in [9.17, 15) is 4.79 Å². The summed E-state index contributed by atoms with van der Waals surface area (Å²) in [5.41, 5.74) is 5.81. The van der Waals surface area contributed by atoms with Gasteiger partial charge in [0.2, 0.25) is 5.91 Å². The molecule has 1 amide bonds. The molecule has 0 saturated carbocycles. The van der Waals surface area contributed by atoms with Crippen LogP contribution < -0.4 is 5.32 Å². The molecule has 1 N–H and O–H groups in total. The van der Waals surface area contributed by atoms with Crippen LogP contribution in [0.5, 0.6) is 0 Å². The lowest BCUT2D eigenvalue weighted by molar-refractivity contribution is -0.116. The van der Waals surface area contributed by atoms with Crippen molar-refractivity contribution in [3.8, 4) is 0 Å². The number of nitrogens with one attached hydrogen (secondary N) is 1. The standard InChI is InChI=1S/C20H25NOS/c1-15-12-16(2)20(17(3)13-15)21-19(22)10-7-11-23-14-18-8-5-4-6-9-18/h4-6,8-9,12-13H,7,10-11,14H2,1-3H3,(H,21,22). The van der Waals surface area contributed by atoms with Crippen molar-refractivity contribution in [1.82, 2.24) is 0 Å². The third-order valence-electron chi connectivity index (χ3n) is 3.75. The number of rotatable bonds is 7. The van der Waals surface area contributed by atoms with Crippen LogP contribution in [0.3, 0.4) is 0 Å². The zero-order chi connectivity index (χ0) is 16.7. The monoisotopic (exact) mass is 327 g/mol. The molecule has 23 heavy (non-hydrogen) atoms. The first-order valence-corrected chi connectivity index (χ1v) is 9.21. The Morgan fingerprint density at radius 1 is 1.04 bits per heavy atom. The maximum absolute atomic E-state index is 12.1. The van der Waals surface area contributed by atoms with Gasteiger partial charge in [-0.25, -0.2) is 0 Å². The second kappa shape index (κ2) is 8.78. The summed E-state index contributed by atoms with van der Waals surface area (Å²) in [6, 6.07) is 14.7. The van der Waals surface area contributed by atoms with Crippen molar-refractivity contribution >= 4 is 23.4 Å². The minimum absolute atomic E-state index is 0.111. The van der Waals surface area contributed by atoms with E-state index in [0.29, 0.717) is 6.42 Å². The molecule has 0 heterocycles. The highest BCUT2D eigenvalue weighted by atomic mass is 32.2. The van der Waals surface area contributed by atoms with E-state index in [1.807, 2.05) is 31.7 Å². The predicted octanol–water partition coefficient (Wildman–Crippen LogP) is 5.26. The van der Waals surface area contributed by atoms with Gasteiger partial charge < -0.3 is 5.32 Å². The van der Waals surface area contributed by atoms with Crippen molar-refractivity contribution in [3.05, 3.63) is 64.7 Å². The van der Waals surface area contributed by atoms with Crippen LogP contribution in [0.4, 0.5) is 5.69 Å². The van der Waals surface area contributed by atoms with E-state index in [1.54, 1.807) is 0 Å². The summed E-state index contributed by atoms with van der Waals surface area (Å²) >= 11 is 1.88. The molecule has 0 fully saturated rings. The van der Waals surface area contributed by atoms with Gasteiger partial charge in [-0.1, -0.05) is 48.0 Å². The Morgan fingerprint density at radius 3 is 2.35 bits per heavy atom. The Morgan fingerprint density at radius 2 is 1.70 bits per heavy atom. The molecule has 0 atom stereocenters.